The van der Waals surface area contributed by atoms with Crippen LogP contribution in [-0.2, 0) is 11.0 Å². The van der Waals surface area contributed by atoms with Crippen molar-refractivity contribution in [3.8, 4) is 0 Å². The van der Waals surface area contributed by atoms with E-state index in [0.717, 1.165) is 6.07 Å². The zero-order chi connectivity index (χ0) is 14.0. The van der Waals surface area contributed by atoms with Crippen molar-refractivity contribution in [2.45, 2.75) is 12.6 Å². The number of nitrogens with one attached hydrogen (secondary N) is 1. The second-order valence-corrected chi connectivity index (χ2v) is 4.42. The highest BCUT2D eigenvalue weighted by Crippen LogP contribution is 2.36. The van der Waals surface area contributed by atoms with Gasteiger partial charge >= 0.3 is 6.18 Å². The van der Waals surface area contributed by atoms with Gasteiger partial charge in [-0.15, -0.1) is 0 Å². The van der Waals surface area contributed by atoms with Crippen LogP contribution in [0.1, 0.15) is 12.0 Å². The third-order valence-electron chi connectivity index (χ3n) is 3.20. The zero-order valence-corrected chi connectivity index (χ0v) is 10.4. The number of hydrogen-bond acceptors (Lipinski definition) is 3. The molecule has 2 heterocycles. The number of carbonyl (C=O) groups excluding carboxylic acids is 1. The molecule has 1 aliphatic heterocycles. The van der Waals surface area contributed by atoms with Gasteiger partial charge in [-0.2, -0.15) is 13.2 Å². The molecule has 1 fully saturated rings. The molecule has 1 N–H and O–H groups in total. The Morgan fingerprint density at radius 3 is 2.89 bits per heavy atom. The van der Waals surface area contributed by atoms with Gasteiger partial charge in [-0.3, -0.25) is 4.79 Å². The molecule has 19 heavy (non-hydrogen) atoms. The standard InChI is InChI=1S/C12H14F3N3O/c1-16-11(19)8-4-6-18(7-8)10-9(12(13,14)15)3-2-5-17-10/h2-3,5,8H,4,6-7H2,1H3,(H,16,19). The van der Waals surface area contributed by atoms with Crippen molar-refractivity contribution in [1.29, 1.82) is 0 Å². The molecule has 0 aromatic carbocycles. The molecule has 1 amide bonds. The highest BCUT2D eigenvalue weighted by molar-refractivity contribution is 5.79. The Kier molecular flexibility index (Phi) is 3.64. The summed E-state index contributed by atoms with van der Waals surface area (Å²) in [5, 5.41) is 2.52. The van der Waals surface area contributed by atoms with Crippen molar-refractivity contribution in [1.82, 2.24) is 10.3 Å². The van der Waals surface area contributed by atoms with Crippen LogP contribution >= 0.6 is 0 Å². The molecule has 1 aromatic rings. The van der Waals surface area contributed by atoms with Crippen LogP contribution in [-0.4, -0.2) is 31.0 Å². The van der Waals surface area contributed by atoms with E-state index in [4.69, 9.17) is 0 Å². The normalized spacial score (nSPS) is 19.6. The average molecular weight is 273 g/mol. The van der Waals surface area contributed by atoms with Crippen LogP contribution in [0.4, 0.5) is 19.0 Å². The molecule has 1 aliphatic rings. The average Bonchev–Trinajstić information content (AvgIpc) is 2.86. The SMILES string of the molecule is CNC(=O)C1CCN(c2ncccc2C(F)(F)F)C1. The van der Waals surface area contributed by atoms with Crippen molar-refractivity contribution in [3.63, 3.8) is 0 Å². The van der Waals surface area contributed by atoms with E-state index in [0.29, 0.717) is 13.0 Å². The molecule has 0 bridgehead atoms. The van der Waals surface area contributed by atoms with Gasteiger partial charge in [-0.25, -0.2) is 4.98 Å². The molecule has 4 nitrogen and oxygen atoms in total. The summed E-state index contributed by atoms with van der Waals surface area (Å²) < 4.78 is 38.6. The molecule has 104 valence electrons. The Labute approximate surface area is 108 Å². The first-order valence-electron chi connectivity index (χ1n) is 5.92. The van der Waals surface area contributed by atoms with Crippen molar-refractivity contribution in [2.75, 3.05) is 25.0 Å². The number of nitrogens with zero attached hydrogens (tertiary/aromatic N) is 2. The number of alkyl halides is 3. The molecule has 0 radical (unpaired) electrons. The Morgan fingerprint density at radius 2 is 2.26 bits per heavy atom. The van der Waals surface area contributed by atoms with E-state index >= 15 is 0 Å². The van der Waals surface area contributed by atoms with Gasteiger partial charge in [0.2, 0.25) is 5.91 Å². The fourth-order valence-electron chi connectivity index (χ4n) is 2.24. The van der Waals surface area contributed by atoms with Crippen LogP contribution in [0.15, 0.2) is 18.3 Å². The topological polar surface area (TPSA) is 45.2 Å². The molecule has 1 saturated heterocycles. The first-order chi connectivity index (χ1) is 8.93. The fourth-order valence-corrected chi connectivity index (χ4v) is 2.24. The Balaban J connectivity index is 2.23. The molecular weight excluding hydrogens is 259 g/mol. The predicted octanol–water partition coefficient (Wildman–Crippen LogP) is 1.67. The molecule has 0 aliphatic carbocycles. The Bertz CT molecular complexity index is 476. The summed E-state index contributed by atoms with van der Waals surface area (Å²) in [5.74, 6) is -0.526. The summed E-state index contributed by atoms with van der Waals surface area (Å²) in [6.07, 6.45) is -2.57. The summed E-state index contributed by atoms with van der Waals surface area (Å²) in [7, 11) is 1.52. The lowest BCUT2D eigenvalue weighted by molar-refractivity contribution is -0.137. The molecule has 1 unspecified atom stereocenters. The van der Waals surface area contributed by atoms with E-state index in [1.165, 1.54) is 24.2 Å². The van der Waals surface area contributed by atoms with Gasteiger partial charge in [0.1, 0.15) is 5.82 Å². The Morgan fingerprint density at radius 1 is 1.53 bits per heavy atom. The molecule has 1 atom stereocenters. The number of rotatable bonds is 2. The summed E-state index contributed by atoms with van der Waals surface area (Å²) in [4.78, 5) is 16.8. The van der Waals surface area contributed by atoms with Gasteiger partial charge in [-0.05, 0) is 18.6 Å². The van der Waals surface area contributed by atoms with Crippen LogP contribution in [0.5, 0.6) is 0 Å². The van der Waals surface area contributed by atoms with Crippen LogP contribution in [0, 0.1) is 5.92 Å². The van der Waals surface area contributed by atoms with Gasteiger partial charge in [0.25, 0.3) is 0 Å². The van der Waals surface area contributed by atoms with E-state index < -0.39 is 11.7 Å². The van der Waals surface area contributed by atoms with Crippen molar-refractivity contribution in [3.05, 3.63) is 23.9 Å². The second kappa shape index (κ2) is 5.07. The van der Waals surface area contributed by atoms with Gasteiger partial charge in [0.05, 0.1) is 11.5 Å². The van der Waals surface area contributed by atoms with E-state index in [-0.39, 0.29) is 24.2 Å². The largest absolute Gasteiger partial charge is 0.419 e. The summed E-state index contributed by atoms with van der Waals surface area (Å²) in [6.45, 7) is 0.665. The number of carbonyl (C=O) groups is 1. The number of aromatic nitrogens is 1. The van der Waals surface area contributed by atoms with Crippen molar-refractivity contribution in [2.24, 2.45) is 5.92 Å². The van der Waals surface area contributed by atoms with Gasteiger partial charge in [0, 0.05) is 26.3 Å². The lowest BCUT2D eigenvalue weighted by Gasteiger charge is -2.21. The van der Waals surface area contributed by atoms with Gasteiger partial charge in [0.15, 0.2) is 0 Å². The van der Waals surface area contributed by atoms with Crippen LogP contribution in [0.25, 0.3) is 0 Å². The molecule has 7 heteroatoms. The number of pyridine rings is 1. The fraction of sp³-hybridized carbons (Fsp3) is 0.500. The molecule has 0 saturated carbocycles. The smallest absolute Gasteiger partial charge is 0.359 e. The lowest BCUT2D eigenvalue weighted by Crippen LogP contribution is -2.31. The van der Waals surface area contributed by atoms with Crippen LogP contribution in [0.3, 0.4) is 0 Å². The quantitative estimate of drug-likeness (QED) is 0.891. The van der Waals surface area contributed by atoms with E-state index in [2.05, 4.69) is 10.3 Å². The monoisotopic (exact) mass is 273 g/mol. The summed E-state index contributed by atoms with van der Waals surface area (Å²) >= 11 is 0. The highest BCUT2D eigenvalue weighted by Gasteiger charge is 2.38. The molecule has 2 rings (SSSR count). The third kappa shape index (κ3) is 2.80. The number of amides is 1. The van der Waals surface area contributed by atoms with E-state index in [1.807, 2.05) is 0 Å². The van der Waals surface area contributed by atoms with Gasteiger partial charge in [-0.1, -0.05) is 0 Å². The molecule has 1 aromatic heterocycles. The minimum absolute atomic E-state index is 0.0959. The summed E-state index contributed by atoms with van der Waals surface area (Å²) in [6, 6.07) is 2.27. The third-order valence-corrected chi connectivity index (χ3v) is 3.20. The second-order valence-electron chi connectivity index (χ2n) is 4.42. The summed E-state index contributed by atoms with van der Waals surface area (Å²) in [5.41, 5.74) is -0.757. The van der Waals surface area contributed by atoms with Crippen LogP contribution in [0.2, 0.25) is 0 Å². The van der Waals surface area contributed by atoms with E-state index in [1.54, 1.807) is 0 Å². The minimum Gasteiger partial charge on any atom is -0.359 e. The number of anilines is 1. The van der Waals surface area contributed by atoms with Crippen molar-refractivity contribution < 1.29 is 18.0 Å². The maximum atomic E-state index is 12.9. The van der Waals surface area contributed by atoms with E-state index in [9.17, 15) is 18.0 Å². The lowest BCUT2D eigenvalue weighted by atomic mass is 10.1. The maximum absolute atomic E-state index is 12.9. The number of hydrogen-bond donors (Lipinski definition) is 1. The zero-order valence-electron chi connectivity index (χ0n) is 10.4. The minimum atomic E-state index is -4.44. The maximum Gasteiger partial charge on any atom is 0.419 e. The van der Waals surface area contributed by atoms with Gasteiger partial charge < -0.3 is 10.2 Å². The highest BCUT2D eigenvalue weighted by atomic mass is 19.4. The first kappa shape index (κ1) is 13.6. The molecule has 0 spiro atoms. The number of halogens is 3. The predicted molar refractivity (Wildman–Crippen MR) is 63.6 cm³/mol. The molecular formula is C12H14F3N3O. The van der Waals surface area contributed by atoms with Crippen molar-refractivity contribution >= 4 is 11.7 Å². The van der Waals surface area contributed by atoms with Crippen LogP contribution < -0.4 is 10.2 Å². The first-order valence-corrected chi connectivity index (χ1v) is 5.92. The Hall–Kier alpha value is -1.79.